The van der Waals surface area contributed by atoms with E-state index in [1.807, 2.05) is 47.6 Å². The van der Waals surface area contributed by atoms with Crippen LogP contribution in [0.5, 0.6) is 0 Å². The molecule has 2 rings (SSSR count). The van der Waals surface area contributed by atoms with Gasteiger partial charge >= 0.3 is 0 Å². The number of Topliss-reactive ketones (excluding diaryl/α,β-unsaturated/α-hetero) is 3. The van der Waals surface area contributed by atoms with Gasteiger partial charge in [0.1, 0.15) is 5.76 Å². The summed E-state index contributed by atoms with van der Waals surface area (Å²) >= 11 is 0. The molecule has 194 valence electrons. The van der Waals surface area contributed by atoms with E-state index in [0.717, 1.165) is 11.1 Å². The maximum absolute atomic E-state index is 14.5. The Labute approximate surface area is 211 Å². The third-order valence-electron chi connectivity index (χ3n) is 7.87. The summed E-state index contributed by atoms with van der Waals surface area (Å²) in [5, 5.41) is 21.9. The van der Waals surface area contributed by atoms with E-state index >= 15 is 0 Å². The van der Waals surface area contributed by atoms with Crippen molar-refractivity contribution < 1.29 is 24.6 Å². The minimum absolute atomic E-state index is 0.0448. The Bertz CT molecular complexity index is 1020. The number of allylic oxidation sites excluding steroid dienone is 7. The number of aliphatic hydroxyl groups excluding tert-OH is 1. The van der Waals surface area contributed by atoms with Crippen LogP contribution in [0, 0.1) is 28.1 Å². The number of aliphatic hydroxyl groups is 2. The standard InChI is InChI=1S/C30H44O5/c1-18(2)11-12-21-17-29(16-13-19(3)4)24(32)22(14-15-27(7,8)35)25(33)30(26(29)34,28(21,9)10)23(31)20(5)6/h11,13-15,20-21,32,35H,12,16-17H2,1-10H3/b15-14-/t21-,29-,30+/m1/s1. The minimum atomic E-state index is -1.92. The molecule has 1 saturated carbocycles. The summed E-state index contributed by atoms with van der Waals surface area (Å²) in [6.07, 6.45) is 7.96. The lowest BCUT2D eigenvalue weighted by Gasteiger charge is -2.59. The van der Waals surface area contributed by atoms with E-state index in [-0.39, 0.29) is 23.7 Å². The van der Waals surface area contributed by atoms with E-state index < -0.39 is 45.1 Å². The molecule has 0 aromatic carbocycles. The van der Waals surface area contributed by atoms with Gasteiger partial charge in [-0.05, 0) is 78.2 Å². The quantitative estimate of drug-likeness (QED) is 0.314. The second kappa shape index (κ2) is 9.65. The van der Waals surface area contributed by atoms with Crippen molar-refractivity contribution in [3.8, 4) is 0 Å². The highest BCUT2D eigenvalue weighted by atomic mass is 16.3. The van der Waals surface area contributed by atoms with Crippen molar-refractivity contribution in [3.05, 3.63) is 46.8 Å². The highest BCUT2D eigenvalue weighted by Crippen LogP contribution is 2.65. The molecule has 0 spiro atoms. The highest BCUT2D eigenvalue weighted by Gasteiger charge is 2.74. The zero-order chi connectivity index (χ0) is 27.1. The van der Waals surface area contributed by atoms with Gasteiger partial charge in [0.15, 0.2) is 22.8 Å². The number of rotatable bonds is 8. The van der Waals surface area contributed by atoms with Crippen LogP contribution in [0.4, 0.5) is 0 Å². The van der Waals surface area contributed by atoms with Crippen molar-refractivity contribution in [2.75, 3.05) is 0 Å². The van der Waals surface area contributed by atoms with Crippen LogP contribution in [0.2, 0.25) is 0 Å². The van der Waals surface area contributed by atoms with Crippen LogP contribution in [0.1, 0.15) is 88.5 Å². The van der Waals surface area contributed by atoms with Crippen LogP contribution < -0.4 is 0 Å². The number of fused-ring (bicyclic) bond motifs is 2. The molecule has 0 heterocycles. The molecule has 2 aliphatic rings. The molecule has 2 bridgehead atoms. The first-order chi connectivity index (χ1) is 15.9. The van der Waals surface area contributed by atoms with Gasteiger partial charge in [0.2, 0.25) is 0 Å². The van der Waals surface area contributed by atoms with Crippen LogP contribution in [-0.2, 0) is 14.4 Å². The Hall–Kier alpha value is -2.27. The van der Waals surface area contributed by atoms with Gasteiger partial charge in [-0.15, -0.1) is 0 Å². The molecule has 0 amide bonds. The third-order valence-corrected chi connectivity index (χ3v) is 7.87. The van der Waals surface area contributed by atoms with Crippen molar-refractivity contribution >= 4 is 17.3 Å². The summed E-state index contributed by atoms with van der Waals surface area (Å²) in [5.74, 6) is -2.56. The van der Waals surface area contributed by atoms with E-state index in [2.05, 4.69) is 6.08 Å². The second-order valence-corrected chi connectivity index (χ2v) is 12.4. The molecule has 0 aromatic rings. The van der Waals surface area contributed by atoms with Gasteiger partial charge in [0, 0.05) is 5.92 Å². The summed E-state index contributed by atoms with van der Waals surface area (Å²) in [6.45, 7) is 18.1. The minimum Gasteiger partial charge on any atom is -0.510 e. The average Bonchev–Trinajstić information content (AvgIpc) is 2.70. The topological polar surface area (TPSA) is 91.7 Å². The largest absolute Gasteiger partial charge is 0.510 e. The maximum Gasteiger partial charge on any atom is 0.187 e. The molecular formula is C30H44O5. The molecule has 0 radical (unpaired) electrons. The summed E-state index contributed by atoms with van der Waals surface area (Å²) in [6, 6.07) is 0. The van der Waals surface area contributed by atoms with Gasteiger partial charge in [0.05, 0.1) is 16.6 Å². The lowest BCUT2D eigenvalue weighted by Crippen LogP contribution is -2.70. The van der Waals surface area contributed by atoms with E-state index in [4.69, 9.17) is 0 Å². The summed E-state index contributed by atoms with van der Waals surface area (Å²) in [7, 11) is 0. The third kappa shape index (κ3) is 4.76. The van der Waals surface area contributed by atoms with Crippen LogP contribution in [-0.4, -0.2) is 33.2 Å². The first-order valence-corrected chi connectivity index (χ1v) is 12.6. The monoisotopic (exact) mass is 484 g/mol. The van der Waals surface area contributed by atoms with Gasteiger partial charge in [-0.1, -0.05) is 57.1 Å². The Balaban J connectivity index is 3.04. The van der Waals surface area contributed by atoms with Gasteiger partial charge in [0.25, 0.3) is 0 Å². The molecule has 5 nitrogen and oxygen atoms in total. The van der Waals surface area contributed by atoms with E-state index in [1.165, 1.54) is 12.2 Å². The molecular weight excluding hydrogens is 440 g/mol. The molecule has 5 heteroatoms. The van der Waals surface area contributed by atoms with E-state index in [9.17, 15) is 24.6 Å². The van der Waals surface area contributed by atoms with Gasteiger partial charge in [-0.25, -0.2) is 0 Å². The van der Waals surface area contributed by atoms with Gasteiger partial charge in [-0.3, -0.25) is 14.4 Å². The molecule has 0 saturated heterocycles. The number of carbonyl (C=O) groups excluding carboxylic acids is 3. The van der Waals surface area contributed by atoms with Crippen LogP contribution in [0.25, 0.3) is 0 Å². The van der Waals surface area contributed by atoms with Crippen molar-refractivity contribution in [2.24, 2.45) is 28.1 Å². The summed E-state index contributed by atoms with van der Waals surface area (Å²) in [4.78, 5) is 42.9. The molecule has 0 aliphatic heterocycles. The van der Waals surface area contributed by atoms with E-state index in [0.29, 0.717) is 12.8 Å². The smallest absolute Gasteiger partial charge is 0.187 e. The predicted octanol–water partition coefficient (Wildman–Crippen LogP) is 6.23. The Morgan fingerprint density at radius 2 is 1.63 bits per heavy atom. The highest BCUT2D eigenvalue weighted by molar-refractivity contribution is 6.34. The first-order valence-electron chi connectivity index (χ1n) is 12.6. The SMILES string of the molecule is CC(C)=CC[C@@H]1C[C@@]2(CC=C(C)C)C(=O)[C@](C(=O)C(C)C)(C(=O)C(/C=C\C(C)(C)O)=C2O)C1(C)C. The molecule has 2 N–H and O–H groups in total. The summed E-state index contributed by atoms with van der Waals surface area (Å²) in [5.41, 5.74) is -3.46. The van der Waals surface area contributed by atoms with Gasteiger partial charge < -0.3 is 10.2 Å². The Morgan fingerprint density at radius 1 is 1.09 bits per heavy atom. The van der Waals surface area contributed by atoms with Crippen molar-refractivity contribution in [3.63, 3.8) is 0 Å². The Kier molecular flexibility index (Phi) is 7.98. The molecule has 2 aliphatic carbocycles. The second-order valence-electron chi connectivity index (χ2n) is 12.4. The molecule has 3 atom stereocenters. The zero-order valence-electron chi connectivity index (χ0n) is 23.2. The first kappa shape index (κ1) is 29.0. The lowest BCUT2D eigenvalue weighted by atomic mass is 9.39. The number of hydrogen-bond acceptors (Lipinski definition) is 5. The molecule has 0 unspecified atom stereocenters. The predicted molar refractivity (Wildman–Crippen MR) is 140 cm³/mol. The van der Waals surface area contributed by atoms with Crippen molar-refractivity contribution in [1.82, 2.24) is 0 Å². The zero-order valence-corrected chi connectivity index (χ0v) is 23.2. The lowest BCUT2D eigenvalue weighted by molar-refractivity contribution is -0.177. The molecule has 0 aromatic heterocycles. The molecule has 35 heavy (non-hydrogen) atoms. The number of hydrogen-bond donors (Lipinski definition) is 2. The fourth-order valence-electron chi connectivity index (χ4n) is 5.72. The molecule has 1 fully saturated rings. The summed E-state index contributed by atoms with van der Waals surface area (Å²) < 4.78 is 0. The maximum atomic E-state index is 14.5. The normalized spacial score (nSPS) is 28.5. The van der Waals surface area contributed by atoms with Crippen molar-refractivity contribution in [2.45, 2.75) is 94.1 Å². The number of ketones is 3. The van der Waals surface area contributed by atoms with Crippen LogP contribution >= 0.6 is 0 Å². The van der Waals surface area contributed by atoms with Crippen LogP contribution in [0.3, 0.4) is 0 Å². The average molecular weight is 485 g/mol. The fourth-order valence-corrected chi connectivity index (χ4v) is 5.72. The number of carbonyl (C=O) groups is 3. The Morgan fingerprint density at radius 3 is 2.09 bits per heavy atom. The van der Waals surface area contributed by atoms with Crippen LogP contribution in [0.15, 0.2) is 46.8 Å². The van der Waals surface area contributed by atoms with E-state index in [1.54, 1.807) is 27.7 Å². The van der Waals surface area contributed by atoms with Crippen molar-refractivity contribution in [1.29, 1.82) is 0 Å². The van der Waals surface area contributed by atoms with Gasteiger partial charge in [-0.2, -0.15) is 0 Å². The fraction of sp³-hybridized carbons (Fsp3) is 0.633.